The maximum Gasteiger partial charge on any atom is 0.262 e. The lowest BCUT2D eigenvalue weighted by molar-refractivity contribution is 0.0169. The molecule has 4 rings (SSSR count). The van der Waals surface area contributed by atoms with Crippen LogP contribution in [0, 0.1) is 4.77 Å². The van der Waals surface area contributed by atoms with E-state index >= 15 is 0 Å². The fourth-order valence-corrected chi connectivity index (χ4v) is 4.89. The molecule has 0 spiro atoms. The van der Waals surface area contributed by atoms with Crippen molar-refractivity contribution in [1.82, 2.24) is 19.8 Å². The molecular formula is C22H24N4O3S2. The number of thiophene rings is 1. The summed E-state index contributed by atoms with van der Waals surface area (Å²) in [4.78, 5) is 32.2. The molecule has 2 N–H and O–H groups in total. The van der Waals surface area contributed by atoms with Gasteiger partial charge in [-0.2, -0.15) is 0 Å². The van der Waals surface area contributed by atoms with E-state index in [1.165, 1.54) is 9.44 Å². The summed E-state index contributed by atoms with van der Waals surface area (Å²) in [5.74, 6) is -0.189. The van der Waals surface area contributed by atoms with Crippen LogP contribution in [0.4, 0.5) is 0 Å². The molecule has 0 radical (unpaired) electrons. The van der Waals surface area contributed by atoms with Gasteiger partial charge >= 0.3 is 0 Å². The maximum absolute atomic E-state index is 12.9. The highest BCUT2D eigenvalue weighted by atomic mass is 32.1. The average molecular weight is 457 g/mol. The molecule has 0 aliphatic carbocycles. The Morgan fingerprint density at radius 2 is 2.16 bits per heavy atom. The molecule has 1 fully saturated rings. The number of H-pyrrole nitrogens is 1. The van der Waals surface area contributed by atoms with Crippen LogP contribution in [0.1, 0.15) is 21.3 Å². The van der Waals surface area contributed by atoms with Gasteiger partial charge in [0.25, 0.3) is 11.5 Å². The largest absolute Gasteiger partial charge is 0.379 e. The summed E-state index contributed by atoms with van der Waals surface area (Å²) in [6, 6.07) is 9.24. The van der Waals surface area contributed by atoms with E-state index < -0.39 is 0 Å². The number of allylic oxidation sites excluding steroid dienone is 1. The van der Waals surface area contributed by atoms with E-state index in [0.29, 0.717) is 47.5 Å². The van der Waals surface area contributed by atoms with Crippen LogP contribution in [-0.2, 0) is 11.3 Å². The highest BCUT2D eigenvalue weighted by Gasteiger charge is 2.24. The van der Waals surface area contributed by atoms with Gasteiger partial charge in [-0.3, -0.25) is 19.1 Å². The third-order valence-electron chi connectivity index (χ3n) is 5.37. The van der Waals surface area contributed by atoms with Gasteiger partial charge in [0.05, 0.1) is 30.2 Å². The number of ether oxygens (including phenoxy) is 1. The SMILES string of the molecule is C=CCn1c(=S)[nH]c2cc(C(=O)NC[C@H](c3cccs3)N3CCOCC3)ccc2c1=O. The number of carbonyl (C=O) groups excluding carboxylic acids is 1. The Morgan fingerprint density at radius 1 is 1.35 bits per heavy atom. The Morgan fingerprint density at radius 3 is 2.87 bits per heavy atom. The summed E-state index contributed by atoms with van der Waals surface area (Å²) in [6.07, 6.45) is 1.62. The third kappa shape index (κ3) is 4.69. The van der Waals surface area contributed by atoms with E-state index in [9.17, 15) is 9.59 Å². The number of benzene rings is 1. The molecule has 0 bridgehead atoms. The monoisotopic (exact) mass is 456 g/mol. The zero-order chi connectivity index (χ0) is 21.8. The van der Waals surface area contributed by atoms with Crippen molar-refractivity contribution in [3.8, 4) is 0 Å². The summed E-state index contributed by atoms with van der Waals surface area (Å²) >= 11 is 6.98. The number of morpholine rings is 1. The Balaban J connectivity index is 1.54. The molecule has 7 nitrogen and oxygen atoms in total. The van der Waals surface area contributed by atoms with E-state index in [4.69, 9.17) is 17.0 Å². The van der Waals surface area contributed by atoms with Gasteiger partial charge in [0, 0.05) is 36.6 Å². The molecular weight excluding hydrogens is 432 g/mol. The van der Waals surface area contributed by atoms with Crippen molar-refractivity contribution in [2.75, 3.05) is 32.8 Å². The van der Waals surface area contributed by atoms with Crippen LogP contribution >= 0.6 is 23.6 Å². The first-order valence-corrected chi connectivity index (χ1v) is 11.4. The number of hydrogen-bond donors (Lipinski definition) is 2. The molecule has 0 saturated carbocycles. The fraction of sp³-hybridized carbons (Fsp3) is 0.318. The number of rotatable bonds is 7. The standard InChI is InChI=1S/C22H24N4O3S2/c1-2-7-26-21(28)16-6-5-15(13-17(16)24-22(26)30)20(27)23-14-18(19-4-3-12-31-19)25-8-10-29-11-9-25/h2-6,12-13,18H,1,7-11,14H2,(H,23,27)(H,24,30)/t18-/m1/s1. The molecule has 9 heteroatoms. The zero-order valence-electron chi connectivity index (χ0n) is 17.0. The molecule has 162 valence electrons. The molecule has 1 amide bonds. The minimum absolute atomic E-state index is 0.102. The Labute approximate surface area is 189 Å². The number of amides is 1. The number of carbonyl (C=O) groups is 1. The second-order valence-electron chi connectivity index (χ2n) is 7.28. The summed E-state index contributed by atoms with van der Waals surface area (Å²) in [7, 11) is 0. The molecule has 3 heterocycles. The van der Waals surface area contributed by atoms with Gasteiger partial charge in [0.1, 0.15) is 0 Å². The van der Waals surface area contributed by atoms with Crippen LogP contribution in [0.15, 0.2) is 53.2 Å². The average Bonchev–Trinajstić information content (AvgIpc) is 3.31. The summed E-state index contributed by atoms with van der Waals surface area (Å²) in [5, 5.41) is 5.59. The van der Waals surface area contributed by atoms with E-state index in [-0.39, 0.29) is 17.5 Å². The first-order valence-electron chi connectivity index (χ1n) is 10.1. The molecule has 0 unspecified atom stereocenters. The first-order chi connectivity index (χ1) is 15.1. The Bertz CT molecular complexity index is 1190. The summed E-state index contributed by atoms with van der Waals surface area (Å²) in [6.45, 7) is 7.55. The third-order valence-corrected chi connectivity index (χ3v) is 6.67. The predicted octanol–water partition coefficient (Wildman–Crippen LogP) is 3.11. The quantitative estimate of drug-likeness (QED) is 0.422. The lowest BCUT2D eigenvalue weighted by Crippen LogP contribution is -2.43. The Hall–Kier alpha value is -2.59. The molecule has 2 aromatic heterocycles. The summed E-state index contributed by atoms with van der Waals surface area (Å²) < 4.78 is 7.22. The number of fused-ring (bicyclic) bond motifs is 1. The van der Waals surface area contributed by atoms with Gasteiger partial charge in [0.2, 0.25) is 0 Å². The number of aromatic amines is 1. The topological polar surface area (TPSA) is 79.4 Å². The van der Waals surface area contributed by atoms with Crippen molar-refractivity contribution in [2.45, 2.75) is 12.6 Å². The molecule has 1 aromatic carbocycles. The highest BCUT2D eigenvalue weighted by molar-refractivity contribution is 7.71. The van der Waals surface area contributed by atoms with Gasteiger partial charge in [-0.05, 0) is 41.9 Å². The van der Waals surface area contributed by atoms with Crippen LogP contribution in [0.25, 0.3) is 10.9 Å². The van der Waals surface area contributed by atoms with Gasteiger partial charge in [-0.1, -0.05) is 12.1 Å². The smallest absolute Gasteiger partial charge is 0.262 e. The zero-order valence-corrected chi connectivity index (χ0v) is 18.6. The van der Waals surface area contributed by atoms with Crippen LogP contribution in [0.2, 0.25) is 0 Å². The van der Waals surface area contributed by atoms with Gasteiger partial charge in [-0.15, -0.1) is 17.9 Å². The molecule has 1 saturated heterocycles. The number of hydrogen-bond acceptors (Lipinski definition) is 6. The minimum Gasteiger partial charge on any atom is -0.379 e. The van der Waals surface area contributed by atoms with Crippen LogP contribution in [-0.4, -0.2) is 53.2 Å². The first kappa shape index (κ1) is 21.6. The number of nitrogens with zero attached hydrogens (tertiary/aromatic N) is 2. The van der Waals surface area contributed by atoms with Gasteiger partial charge in [0.15, 0.2) is 4.77 Å². The molecule has 3 aromatic rings. The van der Waals surface area contributed by atoms with E-state index in [1.54, 1.807) is 35.6 Å². The summed E-state index contributed by atoms with van der Waals surface area (Å²) in [5.41, 5.74) is 0.826. The molecule has 1 aliphatic rings. The van der Waals surface area contributed by atoms with Crippen LogP contribution in [0.5, 0.6) is 0 Å². The van der Waals surface area contributed by atoms with Crippen molar-refractivity contribution in [2.24, 2.45) is 0 Å². The predicted molar refractivity (Wildman–Crippen MR) is 125 cm³/mol. The van der Waals surface area contributed by atoms with Gasteiger partial charge in [-0.25, -0.2) is 0 Å². The van der Waals surface area contributed by atoms with E-state index in [1.807, 2.05) is 6.07 Å². The Kier molecular flexibility index (Phi) is 6.77. The number of nitrogens with one attached hydrogen (secondary N) is 2. The lowest BCUT2D eigenvalue weighted by Gasteiger charge is -2.34. The van der Waals surface area contributed by atoms with Crippen LogP contribution in [0.3, 0.4) is 0 Å². The molecule has 1 aliphatic heterocycles. The molecule has 31 heavy (non-hydrogen) atoms. The normalized spacial score (nSPS) is 15.6. The van der Waals surface area contributed by atoms with Crippen molar-refractivity contribution in [3.05, 3.63) is 73.9 Å². The minimum atomic E-state index is -0.198. The molecule has 1 atom stereocenters. The van der Waals surface area contributed by atoms with E-state index in [2.05, 4.69) is 33.2 Å². The fourth-order valence-electron chi connectivity index (χ4n) is 3.76. The number of aromatic nitrogens is 2. The van der Waals surface area contributed by atoms with E-state index in [0.717, 1.165) is 13.1 Å². The lowest BCUT2D eigenvalue weighted by atomic mass is 10.1. The highest BCUT2D eigenvalue weighted by Crippen LogP contribution is 2.25. The van der Waals surface area contributed by atoms with Crippen molar-refractivity contribution in [3.63, 3.8) is 0 Å². The van der Waals surface area contributed by atoms with Crippen molar-refractivity contribution < 1.29 is 9.53 Å². The van der Waals surface area contributed by atoms with Crippen LogP contribution < -0.4 is 10.9 Å². The van der Waals surface area contributed by atoms with Crippen molar-refractivity contribution in [1.29, 1.82) is 0 Å². The van der Waals surface area contributed by atoms with Gasteiger partial charge < -0.3 is 15.0 Å². The second-order valence-corrected chi connectivity index (χ2v) is 8.65. The maximum atomic E-state index is 12.9. The second kappa shape index (κ2) is 9.69. The van der Waals surface area contributed by atoms with Crippen molar-refractivity contribution >= 4 is 40.4 Å².